The van der Waals surface area contributed by atoms with Crippen molar-refractivity contribution in [3.05, 3.63) is 35.9 Å². The van der Waals surface area contributed by atoms with Crippen LogP contribution in [0.3, 0.4) is 0 Å². The number of carbonyl (C=O) groups excluding carboxylic acids is 1. The van der Waals surface area contributed by atoms with Crippen LogP contribution in [-0.2, 0) is 30.1 Å². The van der Waals surface area contributed by atoms with E-state index >= 15 is 0 Å². The first-order valence-electron chi connectivity index (χ1n) is 10.2. The largest absolute Gasteiger partial charge is 0.447 e. The zero-order chi connectivity index (χ0) is 21.4. The van der Waals surface area contributed by atoms with Gasteiger partial charge in [0.15, 0.2) is 0 Å². The van der Waals surface area contributed by atoms with Crippen molar-refractivity contribution in [2.75, 3.05) is 66.5 Å². The first-order valence-corrected chi connectivity index (χ1v) is 10.2. The molecular formula is C22H37NO6. The first-order chi connectivity index (χ1) is 13.9. The first kappa shape index (κ1) is 25.4. The van der Waals surface area contributed by atoms with Crippen molar-refractivity contribution < 1.29 is 28.5 Å². The molecule has 0 heterocycles. The number of ether oxygens (including phenoxy) is 5. The highest BCUT2D eigenvalue weighted by molar-refractivity contribution is 5.68. The summed E-state index contributed by atoms with van der Waals surface area (Å²) < 4.78 is 26.4. The Hall–Kier alpha value is -1.67. The molecule has 7 nitrogen and oxygen atoms in total. The minimum Gasteiger partial charge on any atom is -0.447 e. The lowest BCUT2D eigenvalue weighted by atomic mass is 10.1. The fourth-order valence-electron chi connectivity index (χ4n) is 2.54. The summed E-state index contributed by atoms with van der Waals surface area (Å²) in [7, 11) is 1.64. The molecule has 0 saturated heterocycles. The highest BCUT2D eigenvalue weighted by Crippen LogP contribution is 2.16. The van der Waals surface area contributed by atoms with Gasteiger partial charge in [0.05, 0.1) is 46.2 Å². The van der Waals surface area contributed by atoms with Crippen LogP contribution in [0.15, 0.2) is 30.3 Å². The minimum atomic E-state index is -0.318. The maximum Gasteiger partial charge on any atom is 0.410 e. The number of hydrogen-bond donors (Lipinski definition) is 0. The number of benzene rings is 1. The van der Waals surface area contributed by atoms with Gasteiger partial charge in [-0.1, -0.05) is 30.3 Å². The van der Waals surface area contributed by atoms with Crippen molar-refractivity contribution >= 4 is 6.09 Å². The van der Waals surface area contributed by atoms with Crippen LogP contribution < -0.4 is 0 Å². The van der Waals surface area contributed by atoms with E-state index in [9.17, 15) is 4.79 Å². The van der Waals surface area contributed by atoms with Gasteiger partial charge in [-0.05, 0) is 32.8 Å². The molecule has 0 aliphatic heterocycles. The van der Waals surface area contributed by atoms with Gasteiger partial charge >= 0.3 is 6.09 Å². The molecule has 0 atom stereocenters. The smallest absolute Gasteiger partial charge is 0.410 e. The zero-order valence-electron chi connectivity index (χ0n) is 18.4. The Balaban J connectivity index is 2.14. The summed E-state index contributed by atoms with van der Waals surface area (Å²) in [4.78, 5) is 14.3. The second-order valence-electron chi connectivity index (χ2n) is 7.50. The maximum absolute atomic E-state index is 12.5. The second-order valence-corrected chi connectivity index (χ2v) is 7.50. The van der Waals surface area contributed by atoms with E-state index in [0.29, 0.717) is 52.8 Å². The highest BCUT2D eigenvalue weighted by Gasteiger charge is 2.27. The van der Waals surface area contributed by atoms with Crippen LogP contribution in [0.2, 0.25) is 0 Å². The highest BCUT2D eigenvalue weighted by atomic mass is 16.6. The molecule has 1 rings (SSSR count). The Bertz CT molecular complexity index is 532. The molecule has 0 aliphatic rings. The van der Waals surface area contributed by atoms with Crippen LogP contribution in [0.1, 0.15) is 26.3 Å². The normalized spacial score (nSPS) is 11.4. The van der Waals surface area contributed by atoms with Gasteiger partial charge in [0.1, 0.15) is 6.61 Å². The molecule has 1 aromatic rings. The Labute approximate surface area is 175 Å². The molecule has 166 valence electrons. The van der Waals surface area contributed by atoms with E-state index in [-0.39, 0.29) is 18.2 Å². The fraction of sp³-hybridized carbons (Fsp3) is 0.682. The van der Waals surface area contributed by atoms with Gasteiger partial charge in [-0.2, -0.15) is 0 Å². The van der Waals surface area contributed by atoms with Gasteiger partial charge in [-0.15, -0.1) is 0 Å². The summed E-state index contributed by atoms with van der Waals surface area (Å²) in [5.41, 5.74) is 0.883. The Morgan fingerprint density at radius 2 is 1.34 bits per heavy atom. The third kappa shape index (κ3) is 12.5. The summed E-state index contributed by atoms with van der Waals surface area (Å²) in [6, 6.07) is 10.1. The van der Waals surface area contributed by atoms with Crippen LogP contribution >= 0.6 is 0 Å². The van der Waals surface area contributed by atoms with E-state index in [2.05, 4.69) is 12.1 Å². The summed E-state index contributed by atoms with van der Waals surface area (Å²) >= 11 is 0. The number of nitrogens with zero attached hydrogens (tertiary/aromatic N) is 1. The van der Waals surface area contributed by atoms with E-state index < -0.39 is 0 Å². The van der Waals surface area contributed by atoms with Crippen LogP contribution in [0, 0.1) is 0 Å². The van der Waals surface area contributed by atoms with E-state index in [1.165, 1.54) is 5.56 Å². The third-order valence-corrected chi connectivity index (χ3v) is 4.13. The molecule has 0 spiro atoms. The van der Waals surface area contributed by atoms with Crippen molar-refractivity contribution in [1.82, 2.24) is 4.90 Å². The van der Waals surface area contributed by atoms with Gasteiger partial charge in [0, 0.05) is 19.2 Å². The van der Waals surface area contributed by atoms with Crippen molar-refractivity contribution in [3.8, 4) is 0 Å². The number of methoxy groups -OCH3 is 1. The van der Waals surface area contributed by atoms with Gasteiger partial charge in [-0.25, -0.2) is 4.79 Å². The molecule has 29 heavy (non-hydrogen) atoms. The summed E-state index contributed by atoms with van der Waals surface area (Å²) in [6.45, 7) is 10.3. The monoisotopic (exact) mass is 411 g/mol. The number of hydrogen-bond acceptors (Lipinski definition) is 6. The van der Waals surface area contributed by atoms with Crippen LogP contribution in [0.25, 0.3) is 0 Å². The lowest BCUT2D eigenvalue weighted by molar-refractivity contribution is -0.00593. The molecule has 0 unspecified atom stereocenters. The molecule has 0 radical (unpaired) electrons. The lowest BCUT2D eigenvalue weighted by Gasteiger charge is -2.34. The molecule has 0 bridgehead atoms. The summed E-state index contributed by atoms with van der Waals surface area (Å²) in [5.74, 6) is 0. The molecule has 0 aliphatic carbocycles. The molecule has 0 fully saturated rings. The van der Waals surface area contributed by atoms with E-state index in [0.717, 1.165) is 6.42 Å². The zero-order valence-corrected chi connectivity index (χ0v) is 18.4. The second kappa shape index (κ2) is 15.2. The van der Waals surface area contributed by atoms with Gasteiger partial charge in [0.2, 0.25) is 0 Å². The Morgan fingerprint density at radius 3 is 1.86 bits per heavy atom. The molecule has 0 aromatic heterocycles. The Kier molecular flexibility index (Phi) is 13.3. The number of rotatable bonds is 15. The Morgan fingerprint density at radius 1 is 0.828 bits per heavy atom. The van der Waals surface area contributed by atoms with Gasteiger partial charge in [0.25, 0.3) is 0 Å². The molecule has 0 N–H and O–H groups in total. The van der Waals surface area contributed by atoms with E-state index in [1.54, 1.807) is 12.0 Å². The molecule has 1 amide bonds. The molecule has 1 aromatic carbocycles. The predicted molar refractivity (Wildman–Crippen MR) is 112 cm³/mol. The van der Waals surface area contributed by atoms with Crippen molar-refractivity contribution in [1.29, 1.82) is 0 Å². The topological polar surface area (TPSA) is 66.5 Å². The maximum atomic E-state index is 12.5. The molecular weight excluding hydrogens is 374 g/mol. The lowest BCUT2D eigenvalue weighted by Crippen LogP contribution is -2.47. The van der Waals surface area contributed by atoms with Crippen LogP contribution in [0.5, 0.6) is 0 Å². The van der Waals surface area contributed by atoms with Crippen molar-refractivity contribution in [2.45, 2.75) is 32.7 Å². The van der Waals surface area contributed by atoms with Crippen molar-refractivity contribution in [3.63, 3.8) is 0 Å². The predicted octanol–water partition coefficient (Wildman–Crippen LogP) is 3.16. The summed E-state index contributed by atoms with van der Waals surface area (Å²) in [5, 5.41) is 0. The average molecular weight is 412 g/mol. The minimum absolute atomic E-state index is 0.219. The van der Waals surface area contributed by atoms with Crippen LogP contribution in [-0.4, -0.2) is 83.0 Å². The molecule has 7 heteroatoms. The standard InChI is InChI=1S/C22H37NO6/c1-22(2,3)23(11-10-20-8-6-5-7-9-20)21(24)29-19-18-28-17-16-27-15-14-26-13-12-25-4/h5-9H,10-19H2,1-4H3. The number of amides is 1. The van der Waals surface area contributed by atoms with Gasteiger partial charge in [-0.3, -0.25) is 0 Å². The number of carbonyl (C=O) groups is 1. The summed E-state index contributed by atoms with van der Waals surface area (Å²) in [6.07, 6.45) is 0.470. The van der Waals surface area contributed by atoms with E-state index in [4.69, 9.17) is 23.7 Å². The SMILES string of the molecule is COCCOCCOCCOCCOC(=O)N(CCc1ccccc1)C(C)(C)C. The molecule has 0 saturated carbocycles. The van der Waals surface area contributed by atoms with Crippen molar-refractivity contribution in [2.24, 2.45) is 0 Å². The quantitative estimate of drug-likeness (QED) is 0.413. The average Bonchev–Trinajstić information content (AvgIpc) is 2.68. The fourth-order valence-corrected chi connectivity index (χ4v) is 2.54. The van der Waals surface area contributed by atoms with E-state index in [1.807, 2.05) is 39.0 Å². The van der Waals surface area contributed by atoms with Gasteiger partial charge < -0.3 is 28.6 Å². The van der Waals surface area contributed by atoms with Crippen LogP contribution in [0.4, 0.5) is 4.79 Å². The third-order valence-electron chi connectivity index (χ3n) is 4.13.